The van der Waals surface area contributed by atoms with Crippen molar-refractivity contribution in [2.24, 2.45) is 4.99 Å². The molecule has 0 saturated carbocycles. The minimum absolute atomic E-state index is 0.0638. The number of hydrogen-bond acceptors (Lipinski definition) is 2. The summed E-state index contributed by atoms with van der Waals surface area (Å²) in [6.45, 7) is 5.79. The van der Waals surface area contributed by atoms with Gasteiger partial charge in [-0.15, -0.1) is 0 Å². The molecule has 0 radical (unpaired) electrons. The molecule has 0 aliphatic carbocycles. The van der Waals surface area contributed by atoms with Crippen LogP contribution in [-0.2, 0) is 11.3 Å². The summed E-state index contributed by atoms with van der Waals surface area (Å²) < 4.78 is 0. The molecule has 0 aliphatic heterocycles. The van der Waals surface area contributed by atoms with Crippen LogP contribution in [-0.4, -0.2) is 25.5 Å². The minimum Gasteiger partial charge on any atom is -0.356 e. The van der Waals surface area contributed by atoms with Gasteiger partial charge in [-0.05, 0) is 30.5 Å². The van der Waals surface area contributed by atoms with Gasteiger partial charge in [0.15, 0.2) is 5.96 Å². The summed E-state index contributed by atoms with van der Waals surface area (Å²) in [5, 5.41) is 9.44. The van der Waals surface area contributed by atoms with Crippen molar-refractivity contribution in [2.75, 3.05) is 18.9 Å². The largest absolute Gasteiger partial charge is 0.356 e. The predicted molar refractivity (Wildman–Crippen MR) is 93.1 cm³/mol. The summed E-state index contributed by atoms with van der Waals surface area (Å²) in [5.41, 5.74) is 1.99. The Balaban J connectivity index is 2.41. The number of nitrogens with one attached hydrogen (secondary N) is 3. The van der Waals surface area contributed by atoms with E-state index in [0.29, 0.717) is 13.0 Å². The van der Waals surface area contributed by atoms with Crippen molar-refractivity contribution >= 4 is 17.6 Å². The number of benzene rings is 1. The number of rotatable bonds is 8. The van der Waals surface area contributed by atoms with Crippen molar-refractivity contribution < 1.29 is 4.79 Å². The molecule has 0 bridgehead atoms. The summed E-state index contributed by atoms with van der Waals surface area (Å²) in [4.78, 5) is 15.7. The van der Waals surface area contributed by atoms with Crippen molar-refractivity contribution in [3.63, 3.8) is 0 Å². The standard InChI is InChI=1S/C17H28N4O/c1-4-6-12-19-17(18-3)20-13-14-8-10-15(11-9-14)21-16(22)7-5-2/h8-11H,4-7,12-13H2,1-3H3,(H,21,22)(H2,18,19,20). The van der Waals surface area contributed by atoms with Crippen LogP contribution in [0.2, 0.25) is 0 Å². The molecule has 22 heavy (non-hydrogen) atoms. The van der Waals surface area contributed by atoms with E-state index >= 15 is 0 Å². The number of guanidine groups is 1. The first-order chi connectivity index (χ1) is 10.7. The van der Waals surface area contributed by atoms with Crippen LogP contribution >= 0.6 is 0 Å². The molecule has 0 atom stereocenters. The maximum Gasteiger partial charge on any atom is 0.224 e. The van der Waals surface area contributed by atoms with Gasteiger partial charge in [-0.1, -0.05) is 32.4 Å². The van der Waals surface area contributed by atoms with E-state index in [-0.39, 0.29) is 5.91 Å². The second-order valence-corrected chi connectivity index (χ2v) is 5.20. The maximum atomic E-state index is 11.5. The lowest BCUT2D eigenvalue weighted by molar-refractivity contribution is -0.116. The van der Waals surface area contributed by atoms with Crippen molar-refractivity contribution in [1.29, 1.82) is 0 Å². The van der Waals surface area contributed by atoms with E-state index in [0.717, 1.165) is 43.0 Å². The first-order valence-electron chi connectivity index (χ1n) is 8.02. The monoisotopic (exact) mass is 304 g/mol. The first-order valence-corrected chi connectivity index (χ1v) is 8.02. The minimum atomic E-state index is 0.0638. The summed E-state index contributed by atoms with van der Waals surface area (Å²) >= 11 is 0. The third kappa shape index (κ3) is 7.11. The Kier molecular flexibility index (Phi) is 8.72. The van der Waals surface area contributed by atoms with Crippen LogP contribution in [0.25, 0.3) is 0 Å². The quantitative estimate of drug-likeness (QED) is 0.393. The predicted octanol–water partition coefficient (Wildman–Crippen LogP) is 2.89. The van der Waals surface area contributed by atoms with Gasteiger partial charge in [-0.3, -0.25) is 9.79 Å². The number of hydrogen-bond donors (Lipinski definition) is 3. The van der Waals surface area contributed by atoms with Crippen LogP contribution in [0, 0.1) is 0 Å². The van der Waals surface area contributed by atoms with Gasteiger partial charge in [0, 0.05) is 32.2 Å². The number of carbonyl (C=O) groups is 1. The van der Waals surface area contributed by atoms with E-state index in [1.807, 2.05) is 31.2 Å². The lowest BCUT2D eigenvalue weighted by Gasteiger charge is -2.12. The molecule has 5 nitrogen and oxygen atoms in total. The van der Waals surface area contributed by atoms with E-state index in [1.54, 1.807) is 7.05 Å². The maximum absolute atomic E-state index is 11.5. The average Bonchev–Trinajstić information content (AvgIpc) is 2.52. The Morgan fingerprint density at radius 1 is 1.09 bits per heavy atom. The highest BCUT2D eigenvalue weighted by molar-refractivity contribution is 5.90. The van der Waals surface area contributed by atoms with Gasteiger partial charge in [0.05, 0.1) is 0 Å². The third-order valence-electron chi connectivity index (χ3n) is 3.22. The highest BCUT2D eigenvalue weighted by Gasteiger charge is 2.01. The van der Waals surface area contributed by atoms with Gasteiger partial charge in [0.25, 0.3) is 0 Å². The molecule has 0 heterocycles. The van der Waals surface area contributed by atoms with Gasteiger partial charge in [-0.2, -0.15) is 0 Å². The van der Waals surface area contributed by atoms with E-state index in [1.165, 1.54) is 0 Å². The smallest absolute Gasteiger partial charge is 0.224 e. The molecule has 0 fully saturated rings. The number of nitrogens with zero attached hydrogens (tertiary/aromatic N) is 1. The first kappa shape index (κ1) is 18.0. The zero-order valence-electron chi connectivity index (χ0n) is 13.9. The summed E-state index contributed by atoms with van der Waals surface area (Å²) in [7, 11) is 1.77. The number of unbranched alkanes of at least 4 members (excludes halogenated alkanes) is 1. The van der Waals surface area contributed by atoms with Gasteiger partial charge in [0.1, 0.15) is 0 Å². The zero-order valence-corrected chi connectivity index (χ0v) is 13.9. The Morgan fingerprint density at radius 2 is 1.82 bits per heavy atom. The van der Waals surface area contributed by atoms with Crippen molar-refractivity contribution in [1.82, 2.24) is 10.6 Å². The molecular weight excluding hydrogens is 276 g/mol. The highest BCUT2D eigenvalue weighted by Crippen LogP contribution is 2.10. The molecule has 0 saturated heterocycles. The molecule has 0 aliphatic rings. The van der Waals surface area contributed by atoms with Crippen LogP contribution < -0.4 is 16.0 Å². The van der Waals surface area contributed by atoms with Crippen LogP contribution in [0.5, 0.6) is 0 Å². The van der Waals surface area contributed by atoms with Gasteiger partial charge in [-0.25, -0.2) is 0 Å². The van der Waals surface area contributed by atoms with Gasteiger partial charge in [0.2, 0.25) is 5.91 Å². The summed E-state index contributed by atoms with van der Waals surface area (Å²) in [6.07, 6.45) is 3.71. The molecule has 0 aromatic heterocycles. The lowest BCUT2D eigenvalue weighted by atomic mass is 10.2. The lowest BCUT2D eigenvalue weighted by Crippen LogP contribution is -2.37. The normalized spacial score (nSPS) is 11.1. The second kappa shape index (κ2) is 10.7. The molecule has 3 N–H and O–H groups in total. The average molecular weight is 304 g/mol. The molecule has 1 aromatic carbocycles. The molecule has 0 unspecified atom stereocenters. The number of aliphatic imine (C=N–C) groups is 1. The van der Waals surface area contributed by atoms with E-state index < -0.39 is 0 Å². The number of carbonyl (C=O) groups excluding carboxylic acids is 1. The zero-order chi connectivity index (χ0) is 16.2. The molecule has 122 valence electrons. The Hall–Kier alpha value is -2.04. The molecule has 1 rings (SSSR count). The Labute approximate surface area is 133 Å². The Bertz CT molecular complexity index is 468. The summed E-state index contributed by atoms with van der Waals surface area (Å²) in [5.74, 6) is 0.877. The van der Waals surface area contributed by atoms with Crippen LogP contribution in [0.3, 0.4) is 0 Å². The fraction of sp³-hybridized carbons (Fsp3) is 0.529. The topological polar surface area (TPSA) is 65.5 Å². The molecule has 0 spiro atoms. The van der Waals surface area contributed by atoms with Crippen LogP contribution in [0.1, 0.15) is 45.1 Å². The van der Waals surface area contributed by atoms with Crippen molar-refractivity contribution in [2.45, 2.75) is 46.1 Å². The van der Waals surface area contributed by atoms with Crippen LogP contribution in [0.15, 0.2) is 29.3 Å². The van der Waals surface area contributed by atoms with Crippen molar-refractivity contribution in [3.8, 4) is 0 Å². The van der Waals surface area contributed by atoms with Crippen molar-refractivity contribution in [3.05, 3.63) is 29.8 Å². The second-order valence-electron chi connectivity index (χ2n) is 5.20. The highest BCUT2D eigenvalue weighted by atomic mass is 16.1. The molecule has 1 aromatic rings. The molecule has 5 heteroatoms. The molecular formula is C17H28N4O. The fourth-order valence-corrected chi connectivity index (χ4v) is 1.95. The Morgan fingerprint density at radius 3 is 2.41 bits per heavy atom. The van der Waals surface area contributed by atoms with Gasteiger partial charge >= 0.3 is 0 Å². The third-order valence-corrected chi connectivity index (χ3v) is 3.22. The number of anilines is 1. The van der Waals surface area contributed by atoms with Crippen LogP contribution in [0.4, 0.5) is 5.69 Å². The number of amides is 1. The SMILES string of the molecule is CCCCNC(=NC)NCc1ccc(NC(=O)CCC)cc1. The van der Waals surface area contributed by atoms with E-state index in [2.05, 4.69) is 27.9 Å². The molecule has 1 amide bonds. The van der Waals surface area contributed by atoms with E-state index in [9.17, 15) is 4.79 Å². The van der Waals surface area contributed by atoms with E-state index in [4.69, 9.17) is 0 Å². The van der Waals surface area contributed by atoms with Gasteiger partial charge < -0.3 is 16.0 Å². The fourth-order valence-electron chi connectivity index (χ4n) is 1.95. The summed E-state index contributed by atoms with van der Waals surface area (Å²) in [6, 6.07) is 7.87.